The molecule has 0 saturated carbocycles. The highest BCUT2D eigenvalue weighted by molar-refractivity contribution is 5.77. The van der Waals surface area contributed by atoms with Crippen LogP contribution in [0.3, 0.4) is 0 Å². The Morgan fingerprint density at radius 1 is 1.15 bits per heavy atom. The zero-order valence-electron chi connectivity index (χ0n) is 15.3. The number of phenolic OH excluding ortho intramolecular Hbond substituents is 1. The molecule has 2 amide bonds. The number of urea groups is 1. The standard InChI is InChI=1S/C21H24N2O3/c1-13-9-15(24)10-17-18(13)16(14-7-5-4-6-8-14)11-21(26-17)12-20(2,3)22-19(25)23-21/h4-10,16,24H,11-12H2,1-3H3,(H2,22,23,25)/t16-,21+/m0/s1. The number of fused-ring (bicyclic) bond motifs is 1. The summed E-state index contributed by atoms with van der Waals surface area (Å²) in [5, 5.41) is 16.0. The number of rotatable bonds is 1. The van der Waals surface area contributed by atoms with Crippen molar-refractivity contribution in [1.29, 1.82) is 0 Å². The molecule has 1 saturated heterocycles. The highest BCUT2D eigenvalue weighted by Crippen LogP contribution is 2.48. The monoisotopic (exact) mass is 352 g/mol. The van der Waals surface area contributed by atoms with Crippen LogP contribution in [-0.4, -0.2) is 22.4 Å². The van der Waals surface area contributed by atoms with Gasteiger partial charge >= 0.3 is 6.03 Å². The van der Waals surface area contributed by atoms with Gasteiger partial charge in [0.1, 0.15) is 11.5 Å². The summed E-state index contributed by atoms with van der Waals surface area (Å²) in [5.41, 5.74) is 2.05. The number of ether oxygens (including phenoxy) is 1. The number of carbonyl (C=O) groups is 1. The molecule has 1 fully saturated rings. The molecule has 1 spiro atoms. The molecule has 26 heavy (non-hydrogen) atoms. The van der Waals surface area contributed by atoms with Crippen LogP contribution < -0.4 is 15.4 Å². The average molecular weight is 352 g/mol. The molecule has 5 heteroatoms. The lowest BCUT2D eigenvalue weighted by molar-refractivity contribution is -0.0237. The van der Waals surface area contributed by atoms with E-state index in [1.807, 2.05) is 39.0 Å². The Morgan fingerprint density at radius 3 is 2.58 bits per heavy atom. The molecule has 0 unspecified atom stereocenters. The molecule has 2 aliphatic rings. The fourth-order valence-corrected chi connectivity index (χ4v) is 4.47. The van der Waals surface area contributed by atoms with Gasteiger partial charge in [-0.05, 0) is 38.0 Å². The SMILES string of the molecule is Cc1cc(O)cc2c1[C@H](c1ccccc1)C[C@]1(CC(C)(C)NC(=O)N1)O2. The van der Waals surface area contributed by atoms with Crippen LogP contribution in [0.2, 0.25) is 0 Å². The van der Waals surface area contributed by atoms with Crippen molar-refractivity contribution in [2.75, 3.05) is 0 Å². The Labute approximate surface area is 153 Å². The molecule has 4 rings (SSSR count). The smallest absolute Gasteiger partial charge is 0.318 e. The van der Waals surface area contributed by atoms with Gasteiger partial charge in [-0.3, -0.25) is 0 Å². The summed E-state index contributed by atoms with van der Waals surface area (Å²) in [6.45, 7) is 5.98. The van der Waals surface area contributed by atoms with Gasteiger partial charge in [0.05, 0.1) is 0 Å². The number of nitrogens with one attached hydrogen (secondary N) is 2. The van der Waals surface area contributed by atoms with Gasteiger partial charge in [0, 0.05) is 35.9 Å². The summed E-state index contributed by atoms with van der Waals surface area (Å²) in [6.07, 6.45) is 1.27. The van der Waals surface area contributed by atoms with E-state index >= 15 is 0 Å². The van der Waals surface area contributed by atoms with Gasteiger partial charge in [0.15, 0.2) is 5.72 Å². The maximum atomic E-state index is 12.3. The van der Waals surface area contributed by atoms with Crippen molar-refractivity contribution in [3.8, 4) is 11.5 Å². The van der Waals surface area contributed by atoms with Crippen molar-refractivity contribution in [2.24, 2.45) is 0 Å². The number of carbonyl (C=O) groups excluding carboxylic acids is 1. The van der Waals surface area contributed by atoms with Gasteiger partial charge in [-0.25, -0.2) is 4.79 Å². The fraction of sp³-hybridized carbons (Fsp3) is 0.381. The first-order chi connectivity index (χ1) is 12.3. The fourth-order valence-electron chi connectivity index (χ4n) is 4.47. The van der Waals surface area contributed by atoms with E-state index in [1.165, 1.54) is 5.56 Å². The van der Waals surface area contributed by atoms with Gasteiger partial charge in [-0.2, -0.15) is 0 Å². The van der Waals surface area contributed by atoms with Crippen LogP contribution in [0.4, 0.5) is 4.79 Å². The molecule has 2 aromatic carbocycles. The number of amides is 2. The van der Waals surface area contributed by atoms with E-state index in [2.05, 4.69) is 22.8 Å². The Bertz CT molecular complexity index is 863. The topological polar surface area (TPSA) is 70.6 Å². The second-order valence-corrected chi connectivity index (χ2v) is 8.08. The molecule has 0 aliphatic carbocycles. The van der Waals surface area contributed by atoms with E-state index in [-0.39, 0.29) is 23.2 Å². The molecule has 136 valence electrons. The highest BCUT2D eigenvalue weighted by Gasteiger charge is 2.50. The second kappa shape index (κ2) is 5.66. The summed E-state index contributed by atoms with van der Waals surface area (Å²) in [7, 11) is 0. The zero-order chi connectivity index (χ0) is 18.5. The molecule has 2 heterocycles. The number of aromatic hydroxyl groups is 1. The van der Waals surface area contributed by atoms with Gasteiger partial charge in [0.25, 0.3) is 0 Å². The van der Waals surface area contributed by atoms with Crippen molar-refractivity contribution < 1.29 is 14.6 Å². The Hall–Kier alpha value is -2.69. The van der Waals surface area contributed by atoms with Gasteiger partial charge in [-0.15, -0.1) is 0 Å². The molecule has 0 radical (unpaired) electrons. The van der Waals surface area contributed by atoms with Gasteiger partial charge in [0.2, 0.25) is 0 Å². The van der Waals surface area contributed by atoms with Crippen molar-refractivity contribution in [2.45, 2.75) is 50.8 Å². The summed E-state index contributed by atoms with van der Waals surface area (Å²) in [4.78, 5) is 12.3. The lowest BCUT2D eigenvalue weighted by Crippen LogP contribution is -2.69. The quantitative estimate of drug-likeness (QED) is 0.731. The van der Waals surface area contributed by atoms with Crippen LogP contribution in [-0.2, 0) is 0 Å². The number of hydrogen-bond acceptors (Lipinski definition) is 3. The van der Waals surface area contributed by atoms with Gasteiger partial charge in [-0.1, -0.05) is 30.3 Å². The van der Waals surface area contributed by atoms with E-state index < -0.39 is 5.72 Å². The van der Waals surface area contributed by atoms with Crippen molar-refractivity contribution in [1.82, 2.24) is 10.6 Å². The number of hydrogen-bond donors (Lipinski definition) is 3. The van der Waals surface area contributed by atoms with Crippen LogP contribution in [0.25, 0.3) is 0 Å². The summed E-state index contributed by atoms with van der Waals surface area (Å²) < 4.78 is 6.35. The normalized spacial score (nSPS) is 26.4. The minimum atomic E-state index is -0.806. The van der Waals surface area contributed by atoms with Crippen LogP contribution >= 0.6 is 0 Å². The van der Waals surface area contributed by atoms with Crippen LogP contribution in [0.1, 0.15) is 49.3 Å². The van der Waals surface area contributed by atoms with E-state index in [4.69, 9.17) is 4.74 Å². The molecular weight excluding hydrogens is 328 g/mol. The maximum Gasteiger partial charge on any atom is 0.318 e. The highest BCUT2D eigenvalue weighted by atomic mass is 16.5. The Balaban J connectivity index is 1.86. The number of phenols is 1. The lowest BCUT2D eigenvalue weighted by Gasteiger charge is -2.49. The Morgan fingerprint density at radius 2 is 1.88 bits per heavy atom. The first-order valence-electron chi connectivity index (χ1n) is 8.95. The van der Waals surface area contributed by atoms with E-state index in [9.17, 15) is 9.90 Å². The summed E-state index contributed by atoms with van der Waals surface area (Å²) in [6, 6.07) is 13.4. The maximum absolute atomic E-state index is 12.3. The third-order valence-electron chi connectivity index (χ3n) is 5.24. The third kappa shape index (κ3) is 2.87. The van der Waals surface area contributed by atoms with Crippen molar-refractivity contribution >= 4 is 6.03 Å². The molecule has 0 aromatic heterocycles. The molecule has 5 nitrogen and oxygen atoms in total. The summed E-state index contributed by atoms with van der Waals surface area (Å²) >= 11 is 0. The molecule has 2 aliphatic heterocycles. The average Bonchev–Trinajstić information content (AvgIpc) is 2.51. The third-order valence-corrected chi connectivity index (χ3v) is 5.24. The lowest BCUT2D eigenvalue weighted by atomic mass is 9.76. The second-order valence-electron chi connectivity index (χ2n) is 8.08. The number of benzene rings is 2. The van der Waals surface area contributed by atoms with Crippen LogP contribution in [0.5, 0.6) is 11.5 Å². The van der Waals surface area contributed by atoms with Crippen molar-refractivity contribution in [3.05, 3.63) is 59.2 Å². The van der Waals surface area contributed by atoms with Crippen LogP contribution in [0.15, 0.2) is 42.5 Å². The largest absolute Gasteiger partial charge is 0.508 e. The predicted molar refractivity (Wildman–Crippen MR) is 99.5 cm³/mol. The van der Waals surface area contributed by atoms with Crippen molar-refractivity contribution in [3.63, 3.8) is 0 Å². The zero-order valence-corrected chi connectivity index (χ0v) is 15.3. The molecule has 3 N–H and O–H groups in total. The molecular formula is C21H24N2O3. The van der Waals surface area contributed by atoms with E-state index in [1.54, 1.807) is 12.1 Å². The predicted octanol–water partition coefficient (Wildman–Crippen LogP) is 3.79. The molecule has 2 aromatic rings. The van der Waals surface area contributed by atoms with Gasteiger partial charge < -0.3 is 20.5 Å². The van der Waals surface area contributed by atoms with Crippen LogP contribution in [0, 0.1) is 6.92 Å². The van der Waals surface area contributed by atoms with E-state index in [0.717, 1.165) is 11.1 Å². The first-order valence-corrected chi connectivity index (χ1v) is 8.95. The Kier molecular flexibility index (Phi) is 3.65. The summed E-state index contributed by atoms with van der Waals surface area (Å²) in [5.74, 6) is 0.889. The minimum absolute atomic E-state index is 0.0785. The molecule has 0 bridgehead atoms. The minimum Gasteiger partial charge on any atom is -0.508 e. The molecule has 2 atom stereocenters. The first kappa shape index (κ1) is 16.8. The van der Waals surface area contributed by atoms with E-state index in [0.29, 0.717) is 18.6 Å². The number of aryl methyl sites for hydroxylation is 1.